The SMILES string of the molecule is COCCNc1ccc(N/C=C2/C(=O)Nc3cc(F)ccc32)cc1C(F)(F)F. The van der Waals surface area contributed by atoms with Crippen LogP contribution in [0.3, 0.4) is 0 Å². The van der Waals surface area contributed by atoms with Gasteiger partial charge in [-0.2, -0.15) is 13.2 Å². The van der Waals surface area contributed by atoms with Crippen LogP contribution in [0.4, 0.5) is 34.6 Å². The number of rotatable bonds is 6. The van der Waals surface area contributed by atoms with E-state index in [0.717, 1.165) is 6.07 Å². The first-order valence-corrected chi connectivity index (χ1v) is 8.31. The maximum Gasteiger partial charge on any atom is 0.418 e. The van der Waals surface area contributed by atoms with E-state index in [1.807, 2.05) is 0 Å². The van der Waals surface area contributed by atoms with E-state index in [9.17, 15) is 22.4 Å². The molecule has 3 rings (SSSR count). The van der Waals surface area contributed by atoms with Crippen molar-refractivity contribution in [2.24, 2.45) is 0 Å². The molecule has 0 aliphatic carbocycles. The number of alkyl halides is 3. The molecule has 0 saturated heterocycles. The highest BCUT2D eigenvalue weighted by Crippen LogP contribution is 2.37. The lowest BCUT2D eigenvalue weighted by molar-refractivity contribution is -0.136. The van der Waals surface area contributed by atoms with E-state index in [4.69, 9.17) is 4.74 Å². The number of fused-ring (bicyclic) bond motifs is 1. The molecule has 0 atom stereocenters. The van der Waals surface area contributed by atoms with Gasteiger partial charge in [-0.25, -0.2) is 4.39 Å². The lowest BCUT2D eigenvalue weighted by Crippen LogP contribution is -2.14. The van der Waals surface area contributed by atoms with Gasteiger partial charge < -0.3 is 20.7 Å². The number of ether oxygens (including phenoxy) is 1. The Labute approximate surface area is 158 Å². The van der Waals surface area contributed by atoms with Crippen LogP contribution in [0, 0.1) is 5.82 Å². The zero-order valence-electron chi connectivity index (χ0n) is 14.8. The first kappa shape index (κ1) is 19.7. The molecule has 1 aliphatic heterocycles. The van der Waals surface area contributed by atoms with Crippen molar-refractivity contribution in [3.05, 3.63) is 59.5 Å². The predicted octanol–water partition coefficient (Wildman–Crippen LogP) is 4.31. The fraction of sp³-hybridized carbons (Fsp3) is 0.211. The summed E-state index contributed by atoms with van der Waals surface area (Å²) in [5, 5.41) is 7.90. The molecule has 0 fully saturated rings. The molecule has 0 radical (unpaired) electrons. The molecule has 0 spiro atoms. The Morgan fingerprint density at radius 1 is 1.18 bits per heavy atom. The number of nitrogens with one attached hydrogen (secondary N) is 3. The largest absolute Gasteiger partial charge is 0.418 e. The maximum atomic E-state index is 13.4. The van der Waals surface area contributed by atoms with Crippen LogP contribution in [0.25, 0.3) is 5.57 Å². The van der Waals surface area contributed by atoms with Gasteiger partial charge >= 0.3 is 6.18 Å². The maximum absolute atomic E-state index is 13.4. The minimum atomic E-state index is -4.56. The first-order valence-electron chi connectivity index (χ1n) is 8.31. The third-order valence-electron chi connectivity index (χ3n) is 4.09. The molecule has 0 aromatic heterocycles. The van der Waals surface area contributed by atoms with Crippen molar-refractivity contribution in [1.29, 1.82) is 0 Å². The molecule has 2 aromatic carbocycles. The van der Waals surface area contributed by atoms with E-state index in [-0.39, 0.29) is 30.1 Å². The summed E-state index contributed by atoms with van der Waals surface area (Å²) in [4.78, 5) is 12.0. The lowest BCUT2D eigenvalue weighted by atomic mass is 10.1. The van der Waals surface area contributed by atoms with Gasteiger partial charge in [-0.1, -0.05) is 0 Å². The Kier molecular flexibility index (Phi) is 5.55. The van der Waals surface area contributed by atoms with E-state index in [0.29, 0.717) is 11.3 Å². The minimum absolute atomic E-state index is 0.0674. The Bertz CT molecular complexity index is 926. The van der Waals surface area contributed by atoms with Crippen LogP contribution < -0.4 is 16.0 Å². The third-order valence-corrected chi connectivity index (χ3v) is 4.09. The average Bonchev–Trinajstić information content (AvgIpc) is 2.94. The molecule has 9 heteroatoms. The quantitative estimate of drug-likeness (QED) is 0.388. The van der Waals surface area contributed by atoms with E-state index in [2.05, 4.69) is 16.0 Å². The van der Waals surface area contributed by atoms with Gasteiger partial charge in [-0.15, -0.1) is 0 Å². The molecule has 3 N–H and O–H groups in total. The van der Waals surface area contributed by atoms with Crippen LogP contribution in [-0.2, 0) is 15.7 Å². The van der Waals surface area contributed by atoms with Crippen molar-refractivity contribution in [1.82, 2.24) is 0 Å². The van der Waals surface area contributed by atoms with Gasteiger partial charge in [0.05, 0.1) is 23.4 Å². The van der Waals surface area contributed by atoms with Crippen molar-refractivity contribution in [2.45, 2.75) is 6.18 Å². The normalized spacial score (nSPS) is 14.8. The molecule has 148 valence electrons. The van der Waals surface area contributed by atoms with E-state index in [1.54, 1.807) is 0 Å². The highest BCUT2D eigenvalue weighted by molar-refractivity contribution is 6.31. The van der Waals surface area contributed by atoms with Crippen molar-refractivity contribution >= 4 is 28.5 Å². The van der Waals surface area contributed by atoms with Crippen molar-refractivity contribution in [3.63, 3.8) is 0 Å². The number of hydrogen-bond acceptors (Lipinski definition) is 4. The summed E-state index contributed by atoms with van der Waals surface area (Å²) in [7, 11) is 1.46. The Morgan fingerprint density at radius 3 is 2.68 bits per heavy atom. The molecule has 2 aromatic rings. The Balaban J connectivity index is 1.85. The summed E-state index contributed by atoms with van der Waals surface area (Å²) in [5.74, 6) is -0.971. The van der Waals surface area contributed by atoms with Crippen LogP contribution >= 0.6 is 0 Å². The molecular formula is C19H17F4N3O2. The van der Waals surface area contributed by atoms with Gasteiger partial charge in [0.1, 0.15) is 5.82 Å². The molecule has 1 heterocycles. The third kappa shape index (κ3) is 4.25. The van der Waals surface area contributed by atoms with Crippen LogP contribution in [-0.4, -0.2) is 26.2 Å². The standard InChI is InChI=1S/C19H17F4N3O2/c1-28-7-6-24-16-5-3-12(9-15(16)19(21,22)23)25-10-14-13-4-2-11(20)8-17(13)26-18(14)27/h2-5,8-10,24-25H,6-7H2,1H3,(H,26,27)/b14-10+. The summed E-state index contributed by atoms with van der Waals surface area (Å²) < 4.78 is 58.2. The summed E-state index contributed by atoms with van der Waals surface area (Å²) in [6, 6.07) is 7.52. The second kappa shape index (κ2) is 7.89. The van der Waals surface area contributed by atoms with E-state index in [1.165, 1.54) is 43.6 Å². The van der Waals surface area contributed by atoms with Gasteiger partial charge in [-0.05, 0) is 36.4 Å². The number of halogens is 4. The minimum Gasteiger partial charge on any atom is -0.383 e. The van der Waals surface area contributed by atoms with E-state index >= 15 is 0 Å². The molecule has 28 heavy (non-hydrogen) atoms. The Morgan fingerprint density at radius 2 is 1.96 bits per heavy atom. The number of amides is 1. The fourth-order valence-electron chi connectivity index (χ4n) is 2.78. The van der Waals surface area contributed by atoms with Crippen molar-refractivity contribution < 1.29 is 27.1 Å². The lowest BCUT2D eigenvalue weighted by Gasteiger charge is -2.16. The fourth-order valence-corrected chi connectivity index (χ4v) is 2.78. The van der Waals surface area contributed by atoms with E-state index < -0.39 is 23.5 Å². The number of carbonyl (C=O) groups is 1. The first-order chi connectivity index (χ1) is 13.3. The smallest absolute Gasteiger partial charge is 0.383 e. The van der Waals surface area contributed by atoms with Gasteiger partial charge in [0, 0.05) is 36.8 Å². The van der Waals surface area contributed by atoms with Crippen LogP contribution in [0.2, 0.25) is 0 Å². The number of anilines is 3. The monoisotopic (exact) mass is 395 g/mol. The Hall–Kier alpha value is -3.07. The zero-order chi connectivity index (χ0) is 20.3. The summed E-state index contributed by atoms with van der Waals surface area (Å²) in [5.41, 5.74) is 0.221. The molecule has 1 amide bonds. The van der Waals surface area contributed by atoms with Crippen molar-refractivity contribution in [3.8, 4) is 0 Å². The summed E-state index contributed by atoms with van der Waals surface area (Å²) in [6.07, 6.45) is -3.26. The van der Waals surface area contributed by atoms with Gasteiger partial charge in [-0.3, -0.25) is 4.79 Å². The molecule has 0 saturated carbocycles. The van der Waals surface area contributed by atoms with Crippen LogP contribution in [0.15, 0.2) is 42.6 Å². The van der Waals surface area contributed by atoms with Crippen LogP contribution in [0.1, 0.15) is 11.1 Å². The number of benzene rings is 2. The predicted molar refractivity (Wildman–Crippen MR) is 98.4 cm³/mol. The molecule has 1 aliphatic rings. The summed E-state index contributed by atoms with van der Waals surface area (Å²) in [6.45, 7) is 0.489. The summed E-state index contributed by atoms with van der Waals surface area (Å²) >= 11 is 0. The van der Waals surface area contributed by atoms with Crippen LogP contribution in [0.5, 0.6) is 0 Å². The number of methoxy groups -OCH3 is 1. The average molecular weight is 395 g/mol. The number of hydrogen-bond donors (Lipinski definition) is 3. The molecule has 0 unspecified atom stereocenters. The second-order valence-corrected chi connectivity index (χ2v) is 6.02. The molecular weight excluding hydrogens is 378 g/mol. The second-order valence-electron chi connectivity index (χ2n) is 6.02. The highest BCUT2D eigenvalue weighted by atomic mass is 19.4. The molecule has 0 bridgehead atoms. The topological polar surface area (TPSA) is 62.4 Å². The van der Waals surface area contributed by atoms with Gasteiger partial charge in [0.15, 0.2) is 0 Å². The molecule has 5 nitrogen and oxygen atoms in total. The number of carbonyl (C=O) groups excluding carboxylic acids is 1. The zero-order valence-corrected chi connectivity index (χ0v) is 14.8. The highest BCUT2D eigenvalue weighted by Gasteiger charge is 2.34. The van der Waals surface area contributed by atoms with Gasteiger partial charge in [0.25, 0.3) is 5.91 Å². The van der Waals surface area contributed by atoms with Gasteiger partial charge in [0.2, 0.25) is 0 Å². The van der Waals surface area contributed by atoms with Crippen molar-refractivity contribution in [2.75, 3.05) is 36.2 Å².